The van der Waals surface area contributed by atoms with E-state index in [1.165, 1.54) is 0 Å². The molecule has 0 spiro atoms. The summed E-state index contributed by atoms with van der Waals surface area (Å²) in [5.74, 6) is -1.52. The van der Waals surface area contributed by atoms with Crippen molar-refractivity contribution in [2.75, 3.05) is 26.1 Å². The van der Waals surface area contributed by atoms with E-state index in [1.807, 2.05) is 6.07 Å². The Morgan fingerprint density at radius 2 is 2.13 bits per heavy atom. The molecule has 10 heteroatoms. The molecule has 0 saturated carbocycles. The van der Waals surface area contributed by atoms with Crippen LogP contribution >= 0.6 is 11.6 Å². The molecule has 4 N–H and O–H groups in total. The SMILES string of the molecule is COc1cccc2[nH]c(C(=O)NCC(=O)N[C@@H](C[C@@H]3CCCNC3=O)C(=O)CCl)cc12. The van der Waals surface area contributed by atoms with Gasteiger partial charge in [0.05, 0.1) is 25.6 Å². The van der Waals surface area contributed by atoms with Crippen molar-refractivity contribution in [1.29, 1.82) is 0 Å². The second kappa shape index (κ2) is 10.3. The summed E-state index contributed by atoms with van der Waals surface area (Å²) in [6.45, 7) is 0.287. The van der Waals surface area contributed by atoms with Crippen molar-refractivity contribution in [3.05, 3.63) is 30.0 Å². The number of aromatic nitrogens is 1. The number of methoxy groups -OCH3 is 1. The lowest BCUT2D eigenvalue weighted by molar-refractivity contribution is -0.130. The number of amides is 3. The highest BCUT2D eigenvalue weighted by molar-refractivity contribution is 6.28. The van der Waals surface area contributed by atoms with Crippen molar-refractivity contribution in [3.63, 3.8) is 0 Å². The van der Waals surface area contributed by atoms with Gasteiger partial charge in [0.2, 0.25) is 11.8 Å². The van der Waals surface area contributed by atoms with Gasteiger partial charge in [-0.1, -0.05) is 6.07 Å². The van der Waals surface area contributed by atoms with E-state index < -0.39 is 17.9 Å². The fraction of sp³-hybridized carbons (Fsp3) is 0.429. The van der Waals surface area contributed by atoms with Crippen LogP contribution in [0.3, 0.4) is 0 Å². The van der Waals surface area contributed by atoms with Gasteiger partial charge in [0.1, 0.15) is 11.4 Å². The lowest BCUT2D eigenvalue weighted by Crippen LogP contribution is -2.48. The molecule has 0 aliphatic carbocycles. The predicted octanol–water partition coefficient (Wildman–Crippen LogP) is 1.12. The minimum Gasteiger partial charge on any atom is -0.496 e. The first-order chi connectivity index (χ1) is 14.9. The number of fused-ring (bicyclic) bond motifs is 1. The Morgan fingerprint density at radius 3 is 2.84 bits per heavy atom. The largest absolute Gasteiger partial charge is 0.496 e. The highest BCUT2D eigenvalue weighted by Gasteiger charge is 2.29. The molecule has 31 heavy (non-hydrogen) atoms. The van der Waals surface area contributed by atoms with Crippen molar-refractivity contribution in [2.45, 2.75) is 25.3 Å². The Kier molecular flexibility index (Phi) is 7.51. The maximum absolute atomic E-state index is 12.4. The van der Waals surface area contributed by atoms with Crippen LogP contribution in [0.5, 0.6) is 5.75 Å². The number of piperidine rings is 1. The first-order valence-electron chi connectivity index (χ1n) is 10.0. The number of carbonyl (C=O) groups is 4. The Labute approximate surface area is 184 Å². The Bertz CT molecular complexity index is 989. The van der Waals surface area contributed by atoms with Gasteiger partial charge in [0.25, 0.3) is 5.91 Å². The standard InChI is InChI=1S/C21H25ClN4O5/c1-31-18-6-2-5-14-13(18)9-16(25-14)21(30)24-11-19(28)26-15(17(27)10-22)8-12-4-3-7-23-20(12)29/h2,5-6,9,12,15,25H,3-4,7-8,10-11H2,1H3,(H,23,29)(H,24,30)(H,26,28)/t12-,15-/m0/s1. The van der Waals surface area contributed by atoms with E-state index in [-0.39, 0.29) is 42.1 Å². The summed E-state index contributed by atoms with van der Waals surface area (Å²) in [6, 6.07) is 6.15. The molecule has 9 nitrogen and oxygen atoms in total. The summed E-state index contributed by atoms with van der Waals surface area (Å²) >= 11 is 5.67. The number of hydrogen-bond donors (Lipinski definition) is 4. The molecule has 1 aliphatic rings. The number of alkyl halides is 1. The smallest absolute Gasteiger partial charge is 0.268 e. The molecule has 2 heterocycles. The monoisotopic (exact) mass is 448 g/mol. The topological polar surface area (TPSA) is 129 Å². The molecule has 1 fully saturated rings. The zero-order chi connectivity index (χ0) is 22.4. The molecule has 1 aromatic heterocycles. The van der Waals surface area contributed by atoms with Crippen LogP contribution in [0, 0.1) is 5.92 Å². The van der Waals surface area contributed by atoms with Crippen LogP contribution in [0.1, 0.15) is 29.8 Å². The minimum atomic E-state index is -0.881. The van der Waals surface area contributed by atoms with Gasteiger partial charge in [-0.2, -0.15) is 0 Å². The maximum Gasteiger partial charge on any atom is 0.268 e. The van der Waals surface area contributed by atoms with E-state index in [0.717, 1.165) is 17.3 Å². The normalized spacial score (nSPS) is 17.0. The average Bonchev–Trinajstić information content (AvgIpc) is 3.22. The third kappa shape index (κ3) is 5.55. The Hall–Kier alpha value is -3.07. The van der Waals surface area contributed by atoms with Gasteiger partial charge in [-0.15, -0.1) is 11.6 Å². The summed E-state index contributed by atoms with van der Waals surface area (Å²) in [7, 11) is 1.54. The average molecular weight is 449 g/mol. The molecule has 2 aromatic rings. The molecular weight excluding hydrogens is 424 g/mol. The van der Waals surface area contributed by atoms with Gasteiger partial charge in [-0.25, -0.2) is 0 Å². The second-order valence-corrected chi connectivity index (χ2v) is 7.64. The number of benzene rings is 1. The van der Waals surface area contributed by atoms with Gasteiger partial charge in [0, 0.05) is 23.4 Å². The van der Waals surface area contributed by atoms with Crippen LogP contribution in [0.2, 0.25) is 0 Å². The molecule has 0 radical (unpaired) electrons. The van der Waals surface area contributed by atoms with Gasteiger partial charge >= 0.3 is 0 Å². The summed E-state index contributed by atoms with van der Waals surface area (Å²) in [4.78, 5) is 51.9. The number of ketones is 1. The molecular formula is C21H25ClN4O5. The number of Topliss-reactive ketones (excluding diaryl/α,β-unsaturated/α-hetero) is 1. The van der Waals surface area contributed by atoms with Crippen LogP contribution in [0.4, 0.5) is 0 Å². The first-order valence-corrected chi connectivity index (χ1v) is 10.6. The van der Waals surface area contributed by atoms with Crippen LogP contribution in [-0.4, -0.2) is 60.6 Å². The number of halogens is 1. The van der Waals surface area contributed by atoms with E-state index >= 15 is 0 Å². The highest BCUT2D eigenvalue weighted by Crippen LogP contribution is 2.25. The van der Waals surface area contributed by atoms with Crippen molar-refractivity contribution in [1.82, 2.24) is 20.9 Å². The van der Waals surface area contributed by atoms with E-state index in [1.54, 1.807) is 25.3 Å². The lowest BCUT2D eigenvalue weighted by atomic mass is 9.90. The fourth-order valence-corrected chi connectivity index (χ4v) is 3.82. The highest BCUT2D eigenvalue weighted by atomic mass is 35.5. The third-order valence-electron chi connectivity index (χ3n) is 5.27. The number of H-pyrrole nitrogens is 1. The van der Waals surface area contributed by atoms with Crippen molar-refractivity contribution in [2.24, 2.45) is 5.92 Å². The van der Waals surface area contributed by atoms with E-state index in [2.05, 4.69) is 20.9 Å². The molecule has 166 valence electrons. The summed E-state index contributed by atoms with van der Waals surface area (Å²) in [5, 5.41) is 8.62. The van der Waals surface area contributed by atoms with Crippen molar-refractivity contribution < 1.29 is 23.9 Å². The number of carbonyl (C=O) groups excluding carboxylic acids is 4. The lowest BCUT2D eigenvalue weighted by Gasteiger charge is -2.26. The molecule has 1 aromatic carbocycles. The van der Waals surface area contributed by atoms with E-state index in [0.29, 0.717) is 18.7 Å². The summed E-state index contributed by atoms with van der Waals surface area (Å²) in [6.07, 6.45) is 1.64. The summed E-state index contributed by atoms with van der Waals surface area (Å²) in [5.41, 5.74) is 1.01. The molecule has 3 rings (SSSR count). The number of ether oxygens (including phenoxy) is 1. The van der Waals surface area contributed by atoms with Gasteiger partial charge in [-0.3, -0.25) is 19.2 Å². The zero-order valence-corrected chi connectivity index (χ0v) is 17.9. The molecule has 0 unspecified atom stereocenters. The molecule has 3 amide bonds. The Balaban J connectivity index is 1.58. The van der Waals surface area contributed by atoms with E-state index in [9.17, 15) is 19.2 Å². The van der Waals surface area contributed by atoms with Crippen LogP contribution in [0.15, 0.2) is 24.3 Å². The number of aromatic amines is 1. The van der Waals surface area contributed by atoms with Crippen molar-refractivity contribution >= 4 is 46.0 Å². The Morgan fingerprint density at radius 1 is 1.32 bits per heavy atom. The molecule has 2 atom stereocenters. The number of hydrogen-bond acceptors (Lipinski definition) is 5. The molecule has 1 saturated heterocycles. The second-order valence-electron chi connectivity index (χ2n) is 7.37. The van der Waals surface area contributed by atoms with E-state index in [4.69, 9.17) is 16.3 Å². The van der Waals surface area contributed by atoms with Crippen LogP contribution < -0.4 is 20.7 Å². The minimum absolute atomic E-state index is 0.129. The number of nitrogens with one attached hydrogen (secondary N) is 4. The predicted molar refractivity (Wildman–Crippen MR) is 115 cm³/mol. The third-order valence-corrected chi connectivity index (χ3v) is 5.54. The fourth-order valence-electron chi connectivity index (χ4n) is 3.64. The summed E-state index contributed by atoms with van der Waals surface area (Å²) < 4.78 is 5.28. The molecule has 0 bridgehead atoms. The van der Waals surface area contributed by atoms with Crippen molar-refractivity contribution in [3.8, 4) is 5.75 Å². The van der Waals surface area contributed by atoms with Gasteiger partial charge in [0.15, 0.2) is 5.78 Å². The quantitative estimate of drug-likeness (QED) is 0.427. The van der Waals surface area contributed by atoms with Crippen LogP contribution in [0.25, 0.3) is 10.9 Å². The van der Waals surface area contributed by atoms with Crippen LogP contribution in [-0.2, 0) is 14.4 Å². The molecule has 1 aliphatic heterocycles. The maximum atomic E-state index is 12.4. The first kappa shape index (κ1) is 22.6. The van der Waals surface area contributed by atoms with Gasteiger partial charge < -0.3 is 25.7 Å². The zero-order valence-electron chi connectivity index (χ0n) is 17.1. The number of rotatable bonds is 9. The van der Waals surface area contributed by atoms with Gasteiger partial charge in [-0.05, 0) is 37.5 Å².